The zero-order chi connectivity index (χ0) is 16.4. The fraction of sp³-hybridized carbons (Fsp3) is 0.400. The second-order valence-electron chi connectivity index (χ2n) is 7.22. The average molecular weight is 327 g/mol. The van der Waals surface area contributed by atoms with E-state index in [2.05, 4.69) is 59.3 Å². The van der Waals surface area contributed by atoms with Crippen molar-refractivity contribution in [3.05, 3.63) is 71.3 Å². The first kappa shape index (κ1) is 16.6. The highest BCUT2D eigenvalue weighted by molar-refractivity contribution is 7.90. The van der Waals surface area contributed by atoms with Gasteiger partial charge in [0.15, 0.2) is 0 Å². The van der Waals surface area contributed by atoms with E-state index in [0.29, 0.717) is 5.92 Å². The number of nitrogens with one attached hydrogen (secondary N) is 1. The van der Waals surface area contributed by atoms with E-state index in [1.807, 2.05) is 20.8 Å². The Labute approximate surface area is 142 Å². The predicted molar refractivity (Wildman–Crippen MR) is 97.7 cm³/mol. The van der Waals surface area contributed by atoms with E-state index in [9.17, 15) is 4.55 Å². The van der Waals surface area contributed by atoms with Gasteiger partial charge in [0.25, 0.3) is 0 Å². The molecule has 0 spiro atoms. The molecule has 0 amide bonds. The summed E-state index contributed by atoms with van der Waals surface area (Å²) >= 11 is -1.05. The van der Waals surface area contributed by atoms with Crippen molar-refractivity contribution in [2.45, 2.75) is 50.3 Å². The maximum Gasteiger partial charge on any atom is 0.136 e. The Hall–Kier alpha value is -1.29. The molecule has 3 heteroatoms. The summed E-state index contributed by atoms with van der Waals surface area (Å²) in [6.45, 7) is 6.03. The third-order valence-electron chi connectivity index (χ3n) is 4.50. The van der Waals surface area contributed by atoms with Gasteiger partial charge in [0, 0.05) is 17.3 Å². The Morgan fingerprint density at radius 1 is 0.913 bits per heavy atom. The zero-order valence-corrected chi connectivity index (χ0v) is 14.9. The molecular weight excluding hydrogens is 302 g/mol. The third-order valence-corrected chi connectivity index (χ3v) is 6.11. The molecule has 0 saturated carbocycles. The molecule has 122 valence electrons. The fourth-order valence-electron chi connectivity index (χ4n) is 3.25. The monoisotopic (exact) mass is 327 g/mol. The first-order valence-electron chi connectivity index (χ1n) is 8.28. The van der Waals surface area contributed by atoms with E-state index in [1.54, 1.807) is 0 Å². The SMILES string of the molecule is CC(C)(C)[S+]([O-])N[C@@H]1CC[C@H](c2ccccc2)c2ccccc21. The molecule has 0 fully saturated rings. The van der Waals surface area contributed by atoms with E-state index >= 15 is 0 Å². The van der Waals surface area contributed by atoms with Crippen LogP contribution in [-0.4, -0.2) is 9.30 Å². The number of rotatable bonds is 3. The topological polar surface area (TPSA) is 35.1 Å². The first-order valence-corrected chi connectivity index (χ1v) is 9.43. The standard InChI is InChI=1S/C20H25NOS/c1-20(2,3)23(22)21-19-14-13-16(15-9-5-4-6-10-15)17-11-7-8-12-18(17)19/h4-12,16,19,21H,13-14H2,1-3H3/t16-,19-,23?/m1/s1. The lowest BCUT2D eigenvalue weighted by Crippen LogP contribution is -2.42. The minimum absolute atomic E-state index is 0.172. The van der Waals surface area contributed by atoms with Gasteiger partial charge in [-0.3, -0.25) is 0 Å². The van der Waals surface area contributed by atoms with Gasteiger partial charge in [-0.05, 0) is 50.3 Å². The van der Waals surface area contributed by atoms with Crippen molar-refractivity contribution in [3.63, 3.8) is 0 Å². The van der Waals surface area contributed by atoms with Gasteiger partial charge < -0.3 is 4.55 Å². The molecule has 0 aromatic heterocycles. The smallest absolute Gasteiger partial charge is 0.136 e. The minimum Gasteiger partial charge on any atom is -0.598 e. The first-order chi connectivity index (χ1) is 11.0. The van der Waals surface area contributed by atoms with Gasteiger partial charge in [0.1, 0.15) is 4.75 Å². The molecule has 3 atom stereocenters. The molecule has 0 aliphatic heterocycles. The summed E-state index contributed by atoms with van der Waals surface area (Å²) in [7, 11) is 0. The van der Waals surface area contributed by atoms with Crippen molar-refractivity contribution in [2.75, 3.05) is 0 Å². The van der Waals surface area contributed by atoms with E-state index in [1.165, 1.54) is 16.7 Å². The lowest BCUT2D eigenvalue weighted by Gasteiger charge is -2.34. The van der Waals surface area contributed by atoms with Gasteiger partial charge in [-0.1, -0.05) is 54.6 Å². The van der Waals surface area contributed by atoms with E-state index in [-0.39, 0.29) is 10.8 Å². The Bertz CT molecular complexity index is 650. The van der Waals surface area contributed by atoms with Crippen LogP contribution in [-0.2, 0) is 11.4 Å². The number of benzene rings is 2. The highest BCUT2D eigenvalue weighted by atomic mass is 32.2. The molecule has 0 saturated heterocycles. The van der Waals surface area contributed by atoms with Crippen LogP contribution in [0.25, 0.3) is 0 Å². The molecule has 0 bridgehead atoms. The third kappa shape index (κ3) is 3.63. The predicted octanol–water partition coefficient (Wildman–Crippen LogP) is 4.71. The van der Waals surface area contributed by atoms with Crippen LogP contribution in [0.2, 0.25) is 0 Å². The largest absolute Gasteiger partial charge is 0.598 e. The molecule has 1 unspecified atom stereocenters. The summed E-state index contributed by atoms with van der Waals surface area (Å²) in [5, 5.41) is 0. The second-order valence-corrected chi connectivity index (χ2v) is 9.22. The van der Waals surface area contributed by atoms with Crippen LogP contribution in [0.1, 0.15) is 62.3 Å². The van der Waals surface area contributed by atoms with Crippen LogP contribution in [0, 0.1) is 0 Å². The lowest BCUT2D eigenvalue weighted by molar-refractivity contribution is 0.472. The molecule has 2 nitrogen and oxygen atoms in total. The van der Waals surface area contributed by atoms with Crippen LogP contribution in [0.15, 0.2) is 54.6 Å². The quantitative estimate of drug-likeness (QED) is 0.829. The second kappa shape index (κ2) is 6.68. The summed E-state index contributed by atoms with van der Waals surface area (Å²) < 4.78 is 15.6. The zero-order valence-electron chi connectivity index (χ0n) is 14.1. The highest BCUT2D eigenvalue weighted by Gasteiger charge is 2.34. The molecular formula is C20H25NOS. The van der Waals surface area contributed by atoms with Gasteiger partial charge in [-0.15, -0.1) is 4.72 Å². The number of fused-ring (bicyclic) bond motifs is 1. The normalized spacial score (nSPS) is 22.4. The van der Waals surface area contributed by atoms with Crippen molar-refractivity contribution in [2.24, 2.45) is 0 Å². The molecule has 2 aromatic rings. The Kier molecular flexibility index (Phi) is 4.81. The maximum atomic E-state index is 12.5. The van der Waals surface area contributed by atoms with Gasteiger partial charge in [-0.2, -0.15) is 0 Å². The van der Waals surface area contributed by atoms with Crippen molar-refractivity contribution < 1.29 is 4.55 Å². The van der Waals surface area contributed by atoms with Gasteiger partial charge >= 0.3 is 0 Å². The molecule has 1 N–H and O–H groups in total. The number of hydrogen-bond acceptors (Lipinski definition) is 2. The fourth-order valence-corrected chi connectivity index (χ4v) is 4.11. The van der Waals surface area contributed by atoms with Gasteiger partial charge in [0.05, 0.1) is 6.04 Å². The molecule has 0 radical (unpaired) electrons. The Morgan fingerprint density at radius 2 is 1.52 bits per heavy atom. The molecule has 2 aromatic carbocycles. The van der Waals surface area contributed by atoms with Crippen molar-refractivity contribution in [1.29, 1.82) is 0 Å². The average Bonchev–Trinajstić information content (AvgIpc) is 2.55. The highest BCUT2D eigenvalue weighted by Crippen LogP contribution is 2.41. The van der Waals surface area contributed by atoms with Crippen LogP contribution in [0.4, 0.5) is 0 Å². The van der Waals surface area contributed by atoms with Crippen molar-refractivity contribution in [3.8, 4) is 0 Å². The molecule has 1 aliphatic rings. The summed E-state index contributed by atoms with van der Waals surface area (Å²) in [4.78, 5) is 0. The molecule has 1 aliphatic carbocycles. The summed E-state index contributed by atoms with van der Waals surface area (Å²) in [6.07, 6.45) is 2.10. The van der Waals surface area contributed by atoms with Crippen LogP contribution < -0.4 is 4.72 Å². The van der Waals surface area contributed by atoms with E-state index in [4.69, 9.17) is 0 Å². The van der Waals surface area contributed by atoms with E-state index < -0.39 is 11.4 Å². The van der Waals surface area contributed by atoms with Crippen LogP contribution >= 0.6 is 0 Å². The number of hydrogen-bond donors (Lipinski definition) is 1. The summed E-state index contributed by atoms with van der Waals surface area (Å²) in [5.41, 5.74) is 4.04. The lowest BCUT2D eigenvalue weighted by atomic mass is 9.77. The maximum absolute atomic E-state index is 12.5. The van der Waals surface area contributed by atoms with Crippen LogP contribution in [0.3, 0.4) is 0 Å². The van der Waals surface area contributed by atoms with Crippen LogP contribution in [0.5, 0.6) is 0 Å². The van der Waals surface area contributed by atoms with Crippen molar-refractivity contribution >= 4 is 11.4 Å². The van der Waals surface area contributed by atoms with E-state index in [0.717, 1.165) is 12.8 Å². The summed E-state index contributed by atoms with van der Waals surface area (Å²) in [5.74, 6) is 0.438. The molecule has 3 rings (SSSR count). The molecule has 23 heavy (non-hydrogen) atoms. The Morgan fingerprint density at radius 3 is 2.17 bits per heavy atom. The minimum atomic E-state index is -1.05. The van der Waals surface area contributed by atoms with Gasteiger partial charge in [-0.25, -0.2) is 0 Å². The Balaban J connectivity index is 1.89. The summed E-state index contributed by atoms with van der Waals surface area (Å²) in [6, 6.07) is 19.5. The van der Waals surface area contributed by atoms with Gasteiger partial charge in [0.2, 0.25) is 0 Å². The van der Waals surface area contributed by atoms with Crippen molar-refractivity contribution in [1.82, 2.24) is 4.72 Å². The molecule has 0 heterocycles.